The molecule has 5 heteroatoms. The third kappa shape index (κ3) is 4.38. The van der Waals surface area contributed by atoms with E-state index in [9.17, 15) is 5.11 Å². The molecule has 0 aliphatic rings. The van der Waals surface area contributed by atoms with Crippen molar-refractivity contribution in [2.75, 3.05) is 12.4 Å². The number of hydrogen-bond donors (Lipinski definition) is 2. The van der Waals surface area contributed by atoms with Crippen molar-refractivity contribution in [3.8, 4) is 11.3 Å². The molecule has 1 heterocycles. The minimum atomic E-state index is -0.661. The van der Waals surface area contributed by atoms with E-state index in [1.165, 1.54) is 11.8 Å². The summed E-state index contributed by atoms with van der Waals surface area (Å²) in [5.41, 5.74) is 1.04. The smallest absolute Gasteiger partial charge is 0.134 e. The summed E-state index contributed by atoms with van der Waals surface area (Å²) < 4.78 is 6.78. The minimum Gasteiger partial charge on any atom is -0.460 e. The fourth-order valence-corrected chi connectivity index (χ4v) is 2.69. The van der Waals surface area contributed by atoms with Crippen molar-refractivity contribution in [2.45, 2.75) is 11.9 Å². The van der Waals surface area contributed by atoms with Crippen LogP contribution in [-0.4, -0.2) is 28.7 Å². The summed E-state index contributed by atoms with van der Waals surface area (Å²) in [5.74, 6) is 2.90. The maximum absolute atomic E-state index is 9.24. The van der Waals surface area contributed by atoms with Crippen LogP contribution in [0.15, 0.2) is 45.3 Å². The van der Waals surface area contributed by atoms with Crippen molar-refractivity contribution < 1.29 is 14.6 Å². The molecule has 0 spiro atoms. The molecule has 2 N–H and O–H groups in total. The quantitative estimate of drug-likeness (QED) is 0.845. The fraction of sp³-hybridized carbons (Fsp3) is 0.286. The van der Waals surface area contributed by atoms with Crippen molar-refractivity contribution in [2.24, 2.45) is 0 Å². The van der Waals surface area contributed by atoms with Gasteiger partial charge in [-0.15, -0.1) is 0 Å². The lowest BCUT2D eigenvalue weighted by molar-refractivity contribution is 0.113. The highest BCUT2D eigenvalue weighted by Crippen LogP contribution is 2.25. The van der Waals surface area contributed by atoms with Gasteiger partial charge in [-0.2, -0.15) is 11.8 Å². The molecule has 1 aromatic heterocycles. The molecular formula is C14H15BrO3S. The Morgan fingerprint density at radius 1 is 1.16 bits per heavy atom. The van der Waals surface area contributed by atoms with Gasteiger partial charge in [0.2, 0.25) is 0 Å². The molecule has 0 bridgehead atoms. The maximum Gasteiger partial charge on any atom is 0.134 e. The van der Waals surface area contributed by atoms with Gasteiger partial charge in [0.1, 0.15) is 11.5 Å². The fourth-order valence-electron chi connectivity index (χ4n) is 1.57. The number of furan rings is 1. The second-order valence-corrected chi connectivity index (χ2v) is 6.07. The van der Waals surface area contributed by atoms with E-state index >= 15 is 0 Å². The van der Waals surface area contributed by atoms with E-state index in [4.69, 9.17) is 9.52 Å². The normalized spacial score (nSPS) is 12.6. The largest absolute Gasteiger partial charge is 0.460 e. The molecule has 3 nitrogen and oxygen atoms in total. The van der Waals surface area contributed by atoms with Crippen LogP contribution in [0.25, 0.3) is 11.3 Å². The number of thioether (sulfide) groups is 1. The third-order valence-electron chi connectivity index (χ3n) is 2.56. The Labute approximate surface area is 124 Å². The lowest BCUT2D eigenvalue weighted by Crippen LogP contribution is -2.14. The zero-order valence-corrected chi connectivity index (χ0v) is 12.7. The Balaban J connectivity index is 1.93. The molecule has 0 fully saturated rings. The van der Waals surface area contributed by atoms with Gasteiger partial charge in [-0.3, -0.25) is 0 Å². The molecule has 0 saturated heterocycles. The highest BCUT2D eigenvalue weighted by atomic mass is 79.9. The van der Waals surface area contributed by atoms with Crippen molar-refractivity contribution in [1.82, 2.24) is 0 Å². The highest BCUT2D eigenvalue weighted by molar-refractivity contribution is 9.10. The average Bonchev–Trinajstić information content (AvgIpc) is 2.88. The van der Waals surface area contributed by atoms with Gasteiger partial charge in [-0.05, 0) is 24.3 Å². The van der Waals surface area contributed by atoms with Gasteiger partial charge in [0, 0.05) is 15.8 Å². The summed E-state index contributed by atoms with van der Waals surface area (Å²) in [6.45, 7) is -0.199. The van der Waals surface area contributed by atoms with Gasteiger partial charge in [0.25, 0.3) is 0 Å². The average molecular weight is 343 g/mol. The molecule has 1 aromatic carbocycles. The van der Waals surface area contributed by atoms with Gasteiger partial charge in [0.05, 0.1) is 18.5 Å². The number of halogens is 1. The lowest BCUT2D eigenvalue weighted by atomic mass is 10.2. The molecule has 2 rings (SSSR count). The van der Waals surface area contributed by atoms with E-state index in [-0.39, 0.29) is 6.61 Å². The molecule has 2 aromatic rings. The van der Waals surface area contributed by atoms with Crippen molar-refractivity contribution in [1.29, 1.82) is 0 Å². The van der Waals surface area contributed by atoms with E-state index in [1.807, 2.05) is 36.4 Å². The molecule has 0 aliphatic carbocycles. The predicted octanol–water partition coefficient (Wildman–Crippen LogP) is 3.30. The number of benzene rings is 1. The van der Waals surface area contributed by atoms with Crippen LogP contribution in [0.5, 0.6) is 0 Å². The lowest BCUT2D eigenvalue weighted by Gasteiger charge is -2.04. The molecule has 0 amide bonds. The first-order chi connectivity index (χ1) is 9.19. The summed E-state index contributed by atoms with van der Waals surface area (Å²) in [4.78, 5) is 0. The second kappa shape index (κ2) is 7.14. The minimum absolute atomic E-state index is 0.199. The van der Waals surface area contributed by atoms with Crippen LogP contribution < -0.4 is 0 Å². The number of aliphatic hydroxyl groups excluding tert-OH is 2. The first-order valence-electron chi connectivity index (χ1n) is 5.90. The molecule has 0 radical (unpaired) electrons. The first kappa shape index (κ1) is 14.7. The van der Waals surface area contributed by atoms with Crippen LogP contribution in [0.1, 0.15) is 5.76 Å². The standard InChI is InChI=1S/C14H15BrO3S/c15-11-3-1-10(2-4-11)14-6-5-13(18-14)9-19-8-12(17)7-16/h1-6,12,16-17H,7-9H2. The first-order valence-corrected chi connectivity index (χ1v) is 7.85. The number of aliphatic hydroxyl groups is 2. The topological polar surface area (TPSA) is 53.6 Å². The monoisotopic (exact) mass is 342 g/mol. The number of rotatable bonds is 6. The van der Waals surface area contributed by atoms with E-state index in [0.29, 0.717) is 11.5 Å². The van der Waals surface area contributed by atoms with Gasteiger partial charge in [-0.1, -0.05) is 28.1 Å². The number of hydrogen-bond acceptors (Lipinski definition) is 4. The van der Waals surface area contributed by atoms with Crippen LogP contribution in [0.2, 0.25) is 0 Å². The van der Waals surface area contributed by atoms with Crippen LogP contribution in [0.4, 0.5) is 0 Å². The van der Waals surface area contributed by atoms with Gasteiger partial charge in [-0.25, -0.2) is 0 Å². The SMILES string of the molecule is OCC(O)CSCc1ccc(-c2ccc(Br)cc2)o1. The Bertz CT molecular complexity index is 510. The van der Waals surface area contributed by atoms with Gasteiger partial charge in [0.15, 0.2) is 0 Å². The molecule has 102 valence electrons. The Morgan fingerprint density at radius 3 is 2.58 bits per heavy atom. The van der Waals surface area contributed by atoms with Crippen LogP contribution in [0.3, 0.4) is 0 Å². The maximum atomic E-state index is 9.24. The molecular weight excluding hydrogens is 328 g/mol. The Morgan fingerprint density at radius 2 is 1.89 bits per heavy atom. The summed E-state index contributed by atoms with van der Waals surface area (Å²) >= 11 is 4.94. The van der Waals surface area contributed by atoms with Gasteiger partial charge < -0.3 is 14.6 Å². The van der Waals surface area contributed by atoms with Crippen molar-refractivity contribution in [3.05, 3.63) is 46.6 Å². The zero-order chi connectivity index (χ0) is 13.7. The van der Waals surface area contributed by atoms with Crippen LogP contribution in [0, 0.1) is 0 Å². The van der Waals surface area contributed by atoms with Crippen molar-refractivity contribution >= 4 is 27.7 Å². The van der Waals surface area contributed by atoms with Crippen LogP contribution in [-0.2, 0) is 5.75 Å². The molecule has 19 heavy (non-hydrogen) atoms. The van der Waals surface area contributed by atoms with E-state index in [1.54, 1.807) is 0 Å². The molecule has 0 aliphatic heterocycles. The summed E-state index contributed by atoms with van der Waals surface area (Å²) in [6.07, 6.45) is -0.661. The van der Waals surface area contributed by atoms with Crippen LogP contribution >= 0.6 is 27.7 Å². The van der Waals surface area contributed by atoms with E-state index < -0.39 is 6.10 Å². The van der Waals surface area contributed by atoms with E-state index in [0.717, 1.165) is 21.6 Å². The Kier molecular flexibility index (Phi) is 5.51. The second-order valence-electron chi connectivity index (χ2n) is 4.12. The highest BCUT2D eigenvalue weighted by Gasteiger charge is 2.06. The Hall–Kier alpha value is -0.750. The zero-order valence-electron chi connectivity index (χ0n) is 10.3. The summed E-state index contributed by atoms with van der Waals surface area (Å²) in [5, 5.41) is 18.0. The molecule has 1 unspecified atom stereocenters. The summed E-state index contributed by atoms with van der Waals surface area (Å²) in [6, 6.07) is 11.8. The molecule has 0 saturated carbocycles. The predicted molar refractivity (Wildman–Crippen MR) is 81.1 cm³/mol. The van der Waals surface area contributed by atoms with Crippen molar-refractivity contribution in [3.63, 3.8) is 0 Å². The summed E-state index contributed by atoms with van der Waals surface area (Å²) in [7, 11) is 0. The third-order valence-corrected chi connectivity index (χ3v) is 4.19. The molecule has 1 atom stereocenters. The van der Waals surface area contributed by atoms with E-state index in [2.05, 4.69) is 15.9 Å². The van der Waals surface area contributed by atoms with Gasteiger partial charge >= 0.3 is 0 Å².